The topological polar surface area (TPSA) is 23.6 Å². The third-order valence-electron chi connectivity index (χ3n) is 3.75. The van der Waals surface area contributed by atoms with Gasteiger partial charge >= 0.3 is 0 Å². The molecule has 0 aromatic heterocycles. The first-order valence-electron chi connectivity index (χ1n) is 6.32. The molecule has 2 aromatic rings. The van der Waals surface area contributed by atoms with Crippen molar-refractivity contribution < 1.29 is 4.79 Å². The number of rotatable bonds is 2. The maximum Gasteiger partial charge on any atom is 0.150 e. The number of fused-ring (bicyclic) bond motifs is 1. The second-order valence-corrected chi connectivity index (χ2v) is 4.87. The first-order valence-corrected chi connectivity index (χ1v) is 6.32. The molecule has 0 atom stereocenters. The second kappa shape index (κ2) is 4.43. The monoisotopic (exact) mass is 252 g/mol. The van der Waals surface area contributed by atoms with Gasteiger partial charge in [-0.2, -0.15) is 0 Å². The maximum atomic E-state index is 10.7. The van der Waals surface area contributed by atoms with Crippen molar-refractivity contribution in [3.8, 4) is 0 Å². The van der Waals surface area contributed by atoms with Gasteiger partial charge in [-0.25, -0.2) is 0 Å². The van der Waals surface area contributed by atoms with Crippen LogP contribution in [-0.4, -0.2) is 20.4 Å². The Balaban J connectivity index is 2.00. The van der Waals surface area contributed by atoms with Crippen LogP contribution in [0.3, 0.4) is 0 Å². The lowest BCUT2D eigenvalue weighted by Gasteiger charge is -2.28. The van der Waals surface area contributed by atoms with E-state index in [4.69, 9.17) is 0 Å². The van der Waals surface area contributed by atoms with Crippen LogP contribution >= 0.6 is 0 Å². The molecule has 0 amide bonds. The van der Waals surface area contributed by atoms with Crippen LogP contribution in [0.25, 0.3) is 0 Å². The molecule has 3 nitrogen and oxygen atoms in total. The van der Waals surface area contributed by atoms with Crippen LogP contribution in [0.15, 0.2) is 48.5 Å². The molecule has 0 saturated heterocycles. The van der Waals surface area contributed by atoms with Crippen LogP contribution in [0.2, 0.25) is 0 Å². The van der Waals surface area contributed by atoms with Gasteiger partial charge in [-0.3, -0.25) is 4.79 Å². The third kappa shape index (κ3) is 1.78. The highest BCUT2D eigenvalue weighted by Crippen LogP contribution is 2.43. The molecule has 1 aliphatic rings. The van der Waals surface area contributed by atoms with Crippen molar-refractivity contribution in [1.82, 2.24) is 0 Å². The zero-order valence-corrected chi connectivity index (χ0v) is 11.1. The number of nitrogens with zero attached hydrogens (tertiary/aromatic N) is 2. The molecule has 0 spiro atoms. The Hall–Kier alpha value is -2.29. The quantitative estimate of drug-likeness (QED) is 0.767. The molecule has 1 aliphatic heterocycles. The zero-order chi connectivity index (χ0) is 13.4. The van der Waals surface area contributed by atoms with E-state index in [9.17, 15) is 4.79 Å². The fraction of sp³-hybridized carbons (Fsp3) is 0.188. The third-order valence-corrected chi connectivity index (χ3v) is 3.75. The van der Waals surface area contributed by atoms with Gasteiger partial charge in [0, 0.05) is 19.7 Å². The molecule has 0 radical (unpaired) electrons. The molecule has 0 saturated carbocycles. The SMILES string of the molecule is CN1c2ccccc2N(C)C1c1ccc(C=O)cc1. The van der Waals surface area contributed by atoms with E-state index in [0.717, 1.165) is 6.29 Å². The van der Waals surface area contributed by atoms with Gasteiger partial charge in [0.05, 0.1) is 11.4 Å². The van der Waals surface area contributed by atoms with E-state index in [2.05, 4.69) is 48.2 Å². The van der Waals surface area contributed by atoms with E-state index < -0.39 is 0 Å². The molecule has 2 aromatic carbocycles. The molecular weight excluding hydrogens is 236 g/mol. The van der Waals surface area contributed by atoms with Gasteiger partial charge in [0.1, 0.15) is 12.5 Å². The minimum Gasteiger partial charge on any atom is -0.349 e. The van der Waals surface area contributed by atoms with Gasteiger partial charge in [-0.1, -0.05) is 36.4 Å². The lowest BCUT2D eigenvalue weighted by atomic mass is 10.1. The van der Waals surface area contributed by atoms with Gasteiger partial charge in [0.25, 0.3) is 0 Å². The summed E-state index contributed by atoms with van der Waals surface area (Å²) in [5, 5.41) is 0. The lowest BCUT2D eigenvalue weighted by molar-refractivity contribution is 0.112. The second-order valence-electron chi connectivity index (χ2n) is 4.87. The summed E-state index contributed by atoms with van der Waals surface area (Å²) in [6.45, 7) is 0. The van der Waals surface area contributed by atoms with E-state index in [1.54, 1.807) is 0 Å². The molecule has 0 bridgehead atoms. The van der Waals surface area contributed by atoms with Crippen LogP contribution in [-0.2, 0) is 0 Å². The highest BCUT2D eigenvalue weighted by Gasteiger charge is 2.31. The summed E-state index contributed by atoms with van der Waals surface area (Å²) in [4.78, 5) is 15.2. The van der Waals surface area contributed by atoms with Gasteiger partial charge in [0.15, 0.2) is 0 Å². The molecule has 0 N–H and O–H groups in total. The number of benzene rings is 2. The van der Waals surface area contributed by atoms with Crippen molar-refractivity contribution in [1.29, 1.82) is 0 Å². The predicted octanol–water partition coefficient (Wildman–Crippen LogP) is 3.08. The first kappa shape index (κ1) is 11.8. The summed E-state index contributed by atoms with van der Waals surface area (Å²) < 4.78 is 0. The Morgan fingerprint density at radius 1 is 0.895 bits per heavy atom. The minimum atomic E-state index is 0.179. The Morgan fingerprint density at radius 2 is 1.42 bits per heavy atom. The smallest absolute Gasteiger partial charge is 0.150 e. The number of para-hydroxylation sites is 2. The van der Waals surface area contributed by atoms with Gasteiger partial charge < -0.3 is 9.80 Å². The number of carbonyl (C=O) groups is 1. The summed E-state index contributed by atoms with van der Waals surface area (Å²) >= 11 is 0. The Kier molecular flexibility index (Phi) is 2.75. The number of anilines is 2. The molecule has 3 rings (SSSR count). The predicted molar refractivity (Wildman–Crippen MR) is 77.8 cm³/mol. The minimum absolute atomic E-state index is 0.179. The summed E-state index contributed by atoms with van der Waals surface area (Å²) in [6.07, 6.45) is 1.05. The first-order chi connectivity index (χ1) is 9.22. The van der Waals surface area contributed by atoms with Crippen LogP contribution in [0.5, 0.6) is 0 Å². The van der Waals surface area contributed by atoms with Crippen LogP contribution in [0, 0.1) is 0 Å². The van der Waals surface area contributed by atoms with E-state index >= 15 is 0 Å². The summed E-state index contributed by atoms with van der Waals surface area (Å²) in [6, 6.07) is 16.2. The number of hydrogen-bond donors (Lipinski definition) is 0. The highest BCUT2D eigenvalue weighted by atomic mass is 16.1. The fourth-order valence-electron chi connectivity index (χ4n) is 2.78. The van der Waals surface area contributed by atoms with Gasteiger partial charge in [-0.05, 0) is 17.7 Å². The summed E-state index contributed by atoms with van der Waals surface area (Å²) in [7, 11) is 4.20. The average Bonchev–Trinajstić information content (AvgIpc) is 2.72. The molecule has 19 heavy (non-hydrogen) atoms. The highest BCUT2D eigenvalue weighted by molar-refractivity contribution is 5.78. The van der Waals surface area contributed by atoms with Crippen LogP contribution in [0.4, 0.5) is 11.4 Å². The lowest BCUT2D eigenvalue weighted by Crippen LogP contribution is -2.30. The summed E-state index contributed by atoms with van der Waals surface area (Å²) in [5.74, 6) is 0. The van der Waals surface area contributed by atoms with Crippen LogP contribution in [0.1, 0.15) is 22.1 Å². The van der Waals surface area contributed by atoms with Crippen molar-refractivity contribution in [2.45, 2.75) is 6.17 Å². The Bertz CT molecular complexity index is 577. The molecule has 0 fully saturated rings. The standard InChI is InChI=1S/C16H16N2O/c1-17-14-5-3-4-6-15(14)18(2)16(17)13-9-7-12(11-19)8-10-13/h3-11,16H,1-2H3. The zero-order valence-electron chi connectivity index (χ0n) is 11.1. The van der Waals surface area contributed by atoms with E-state index in [1.165, 1.54) is 16.9 Å². The van der Waals surface area contributed by atoms with Gasteiger partial charge in [-0.15, -0.1) is 0 Å². The van der Waals surface area contributed by atoms with Crippen LogP contribution < -0.4 is 9.80 Å². The average molecular weight is 252 g/mol. The van der Waals surface area contributed by atoms with Crippen molar-refractivity contribution in [2.24, 2.45) is 0 Å². The Morgan fingerprint density at radius 3 is 1.89 bits per heavy atom. The fourth-order valence-corrected chi connectivity index (χ4v) is 2.78. The molecule has 1 heterocycles. The maximum absolute atomic E-state index is 10.7. The van der Waals surface area contributed by atoms with Crippen molar-refractivity contribution in [3.05, 3.63) is 59.7 Å². The molecule has 0 aliphatic carbocycles. The number of aldehydes is 1. The molecule has 96 valence electrons. The van der Waals surface area contributed by atoms with E-state index in [0.29, 0.717) is 5.56 Å². The number of hydrogen-bond acceptors (Lipinski definition) is 3. The van der Waals surface area contributed by atoms with Gasteiger partial charge in [0.2, 0.25) is 0 Å². The van der Waals surface area contributed by atoms with E-state index in [-0.39, 0.29) is 6.17 Å². The molecule has 3 heteroatoms. The Labute approximate surface area is 113 Å². The van der Waals surface area contributed by atoms with E-state index in [1.807, 2.05) is 24.3 Å². The number of carbonyl (C=O) groups excluding carboxylic acids is 1. The van der Waals surface area contributed by atoms with Crippen molar-refractivity contribution in [3.63, 3.8) is 0 Å². The van der Waals surface area contributed by atoms with Crippen molar-refractivity contribution in [2.75, 3.05) is 23.9 Å². The normalized spacial score (nSPS) is 14.6. The summed E-state index contributed by atoms with van der Waals surface area (Å²) in [5.41, 5.74) is 4.36. The van der Waals surface area contributed by atoms with Crippen molar-refractivity contribution >= 4 is 17.7 Å². The molecular formula is C16H16N2O. The largest absolute Gasteiger partial charge is 0.349 e. The molecule has 0 unspecified atom stereocenters.